The van der Waals surface area contributed by atoms with Crippen LogP contribution < -0.4 is 19.3 Å². The van der Waals surface area contributed by atoms with Gasteiger partial charge in [0.05, 0.1) is 45.8 Å². The van der Waals surface area contributed by atoms with Gasteiger partial charge < -0.3 is 33.5 Å². The maximum atomic E-state index is 14.6. The number of hydrogen-bond donors (Lipinski definition) is 0. The van der Waals surface area contributed by atoms with Crippen molar-refractivity contribution in [3.05, 3.63) is 58.7 Å². The van der Waals surface area contributed by atoms with E-state index in [0.29, 0.717) is 17.9 Å². The van der Waals surface area contributed by atoms with Crippen LogP contribution in [0.3, 0.4) is 0 Å². The molecule has 59 heavy (non-hydrogen) atoms. The van der Waals surface area contributed by atoms with Gasteiger partial charge in [-0.1, -0.05) is 23.3 Å². The van der Waals surface area contributed by atoms with E-state index in [1.54, 1.807) is 14.2 Å². The number of benzene rings is 2. The normalized spacial score (nSPS) is 42.1. The molecule has 2 unspecified atom stereocenters. The van der Waals surface area contributed by atoms with E-state index < -0.39 is 34.0 Å². The summed E-state index contributed by atoms with van der Waals surface area (Å²) in [6.45, 7) is 8.14. The fraction of sp³-hybridized carbons (Fsp3) is 0.596. The second-order valence-corrected chi connectivity index (χ2v) is 18.8. The largest absolute Gasteiger partial charge is 0.496 e. The minimum Gasteiger partial charge on any atom is -0.496 e. The van der Waals surface area contributed by atoms with Crippen LogP contribution in [0.4, 0.5) is 11.4 Å². The molecule has 2 saturated carbocycles. The minimum atomic E-state index is -1.05. The van der Waals surface area contributed by atoms with E-state index in [2.05, 4.69) is 84.0 Å². The highest BCUT2D eigenvalue weighted by atomic mass is 16.6. The second-order valence-electron chi connectivity index (χ2n) is 18.8. The summed E-state index contributed by atoms with van der Waals surface area (Å²) in [5.74, 6) is 0.253. The number of hydrogen-bond acceptors (Lipinski definition) is 12. The molecule has 12 heteroatoms. The van der Waals surface area contributed by atoms with Crippen LogP contribution in [0.1, 0.15) is 64.0 Å². The van der Waals surface area contributed by atoms with Crippen molar-refractivity contribution in [1.82, 2.24) is 9.80 Å². The lowest BCUT2D eigenvalue weighted by Crippen LogP contribution is -2.71. The van der Waals surface area contributed by atoms with Crippen molar-refractivity contribution in [1.29, 1.82) is 0 Å². The van der Waals surface area contributed by atoms with Crippen molar-refractivity contribution >= 4 is 29.3 Å². The van der Waals surface area contributed by atoms with E-state index in [9.17, 15) is 14.4 Å². The summed E-state index contributed by atoms with van der Waals surface area (Å²) in [5.41, 5.74) is 5.98. The summed E-state index contributed by atoms with van der Waals surface area (Å²) in [4.78, 5) is 52.0. The van der Waals surface area contributed by atoms with Gasteiger partial charge in [0.2, 0.25) is 0 Å². The highest BCUT2D eigenvalue weighted by Crippen LogP contribution is 2.75. The number of nitrogens with zero attached hydrogens (tertiary/aromatic N) is 4. The molecular weight excluding hydrogens is 749 g/mol. The molecule has 9 heterocycles. The van der Waals surface area contributed by atoms with Crippen LogP contribution in [0.25, 0.3) is 11.1 Å². The Hall–Kier alpha value is -4.55. The molecule has 9 aliphatic heterocycles. The monoisotopic (exact) mass is 804 g/mol. The lowest BCUT2D eigenvalue weighted by Gasteiger charge is -2.61. The number of rotatable bonds is 6. The number of likely N-dealkylation sites (N-methyl/N-ethyl adjacent to an activating group) is 2. The summed E-state index contributed by atoms with van der Waals surface area (Å²) in [5, 5.41) is 0. The van der Waals surface area contributed by atoms with E-state index in [0.717, 1.165) is 78.9 Å². The Morgan fingerprint density at radius 2 is 1.58 bits per heavy atom. The van der Waals surface area contributed by atoms with E-state index in [4.69, 9.17) is 23.7 Å². The Kier molecular flexibility index (Phi) is 7.65. The molecule has 0 aromatic heterocycles. The molecule has 11 aliphatic rings. The molecule has 0 N–H and O–H groups in total. The van der Waals surface area contributed by atoms with Crippen LogP contribution in [0.5, 0.6) is 11.5 Å². The number of carbonyl (C=O) groups excluding carboxylic acids is 3. The number of anilines is 2. The van der Waals surface area contributed by atoms with Gasteiger partial charge >= 0.3 is 17.9 Å². The van der Waals surface area contributed by atoms with Crippen LogP contribution in [0, 0.1) is 23.2 Å². The smallest absolute Gasteiger partial charge is 0.317 e. The molecule has 7 saturated heterocycles. The van der Waals surface area contributed by atoms with Crippen molar-refractivity contribution in [3.63, 3.8) is 0 Å². The molecule has 13 rings (SSSR count). The molecule has 2 aromatic rings. The first-order valence-corrected chi connectivity index (χ1v) is 21.5. The summed E-state index contributed by atoms with van der Waals surface area (Å²) >= 11 is 0. The summed E-state index contributed by atoms with van der Waals surface area (Å²) in [7, 11) is 10.8. The first-order valence-electron chi connectivity index (χ1n) is 21.5. The van der Waals surface area contributed by atoms with Crippen molar-refractivity contribution in [2.45, 2.75) is 93.6 Å². The predicted octanol–water partition coefficient (Wildman–Crippen LogP) is 5.20. The standard InChI is InChI=1S/C47H56N4O8/c1-10-25-22-50-15-14-45-32-19-36(55-6)29(17-34(32)49(5)46(45,50)13-12-27(25)39(45)41(53)57-8)28-16-31-33(20-37(28)56-7)48(4)40-35-18-30-26(11-2)23-51(35)38-21-44(31,40)42(59-24(3)52)47(30,38)43(54)58-9/h10-11,16-17,19-20,27,30,35,38-40,42H,12-15,18,21-23H2,1-9H3/t27-,30-,35-,38-,39-,40+,42+,44+,45-,46-,47-/m0/s1. The molecule has 0 amide bonds. The van der Waals surface area contributed by atoms with Gasteiger partial charge in [0, 0.05) is 92.6 Å². The van der Waals surface area contributed by atoms with E-state index >= 15 is 0 Å². The summed E-state index contributed by atoms with van der Waals surface area (Å²) in [6.07, 6.45) is 7.80. The number of methoxy groups -OCH3 is 4. The Morgan fingerprint density at radius 1 is 0.847 bits per heavy atom. The molecule has 9 fully saturated rings. The number of esters is 3. The van der Waals surface area contributed by atoms with Crippen LogP contribution in [-0.2, 0) is 39.4 Å². The van der Waals surface area contributed by atoms with Crippen molar-refractivity contribution < 1.29 is 38.1 Å². The number of ether oxygens (including phenoxy) is 5. The average Bonchev–Trinajstić information content (AvgIpc) is 3.79. The number of allylic oxidation sites excluding steroid dienone is 2. The van der Waals surface area contributed by atoms with Crippen molar-refractivity contribution in [2.75, 3.05) is 72.0 Å². The lowest BCUT2D eigenvalue weighted by atomic mass is 9.54. The molecule has 12 nitrogen and oxygen atoms in total. The molecule has 2 spiro atoms. The van der Waals surface area contributed by atoms with Gasteiger partial charge in [0.1, 0.15) is 28.7 Å². The zero-order valence-corrected chi connectivity index (χ0v) is 35.7. The van der Waals surface area contributed by atoms with Gasteiger partial charge in [-0.25, -0.2) is 0 Å². The molecule has 0 radical (unpaired) electrons. The first-order chi connectivity index (χ1) is 28.4. The van der Waals surface area contributed by atoms with Crippen LogP contribution in [0.15, 0.2) is 47.6 Å². The second kappa shape index (κ2) is 12.1. The molecule has 2 aromatic carbocycles. The SMILES string of the molecule is CC=C1CN2CC[C@@]34c5cc(OC)c(-c6cc7c(cc6OC)N(C)[C@@H]6[C@@H]8C[C@H]9C(=CC)CN8[C@H]8C[C@@]76[C@@H](OC(C)=O)[C@@]89C(=O)OC)cc5N(C)[C@@]23CC[C@@H]1[C@H]4C(=O)OC. The van der Waals surface area contributed by atoms with Gasteiger partial charge in [-0.3, -0.25) is 24.2 Å². The Labute approximate surface area is 346 Å². The quantitative estimate of drug-likeness (QED) is 0.218. The summed E-state index contributed by atoms with van der Waals surface area (Å²) in [6, 6.07) is 8.79. The van der Waals surface area contributed by atoms with Crippen molar-refractivity contribution in [2.24, 2.45) is 23.2 Å². The number of carbonyl (C=O) groups is 3. The van der Waals surface area contributed by atoms with Gasteiger partial charge in [-0.2, -0.15) is 0 Å². The van der Waals surface area contributed by atoms with E-state index in [1.807, 2.05) is 0 Å². The predicted molar refractivity (Wildman–Crippen MR) is 221 cm³/mol. The highest BCUT2D eigenvalue weighted by molar-refractivity contribution is 5.90. The van der Waals surface area contributed by atoms with E-state index in [1.165, 1.54) is 32.3 Å². The summed E-state index contributed by atoms with van der Waals surface area (Å²) < 4.78 is 30.7. The topological polar surface area (TPSA) is 110 Å². The minimum absolute atomic E-state index is 0.0523. The Morgan fingerprint density at radius 3 is 2.25 bits per heavy atom. The van der Waals surface area contributed by atoms with Gasteiger partial charge in [0.15, 0.2) is 0 Å². The maximum absolute atomic E-state index is 14.6. The van der Waals surface area contributed by atoms with Gasteiger partial charge in [-0.05, 0) is 81.2 Å². The number of fused-ring (bicyclic) bond motifs is 5. The number of piperidine rings is 4. The Balaban J connectivity index is 1.13. The maximum Gasteiger partial charge on any atom is 0.317 e. The molecule has 2 aliphatic carbocycles. The molecule has 9 bridgehead atoms. The Bertz CT molecular complexity index is 2330. The zero-order chi connectivity index (χ0) is 41.3. The average molecular weight is 805 g/mol. The third kappa shape index (κ3) is 3.86. The van der Waals surface area contributed by atoms with Crippen molar-refractivity contribution in [3.8, 4) is 22.6 Å². The molecule has 312 valence electrons. The van der Waals surface area contributed by atoms with Crippen LogP contribution in [0.2, 0.25) is 0 Å². The van der Waals surface area contributed by atoms with Gasteiger partial charge in [-0.15, -0.1) is 0 Å². The fourth-order valence-electron chi connectivity index (χ4n) is 16.1. The van der Waals surface area contributed by atoms with Crippen LogP contribution >= 0.6 is 0 Å². The third-order valence-electron chi connectivity index (χ3n) is 17.8. The van der Waals surface area contributed by atoms with Gasteiger partial charge in [0.25, 0.3) is 0 Å². The van der Waals surface area contributed by atoms with E-state index in [-0.39, 0.29) is 47.8 Å². The molecular formula is C47H56N4O8. The fourth-order valence-corrected chi connectivity index (χ4v) is 16.1. The first kappa shape index (κ1) is 37.4. The van der Waals surface area contributed by atoms with Crippen LogP contribution in [-0.4, -0.2) is 120 Å². The zero-order valence-electron chi connectivity index (χ0n) is 35.7. The highest BCUT2D eigenvalue weighted by Gasteiger charge is 2.84. The lowest BCUT2D eigenvalue weighted by molar-refractivity contribution is -0.187. The third-order valence-corrected chi connectivity index (χ3v) is 17.8. The molecule has 13 atom stereocenters.